The number of rotatable bonds is 2. The second-order valence-corrected chi connectivity index (χ2v) is 8.12. The van der Waals surface area contributed by atoms with Crippen molar-refractivity contribution >= 4 is 26.6 Å². The van der Waals surface area contributed by atoms with Gasteiger partial charge < -0.3 is 10.7 Å². The van der Waals surface area contributed by atoms with Crippen LogP contribution in [-0.4, -0.2) is 30.8 Å². The Hall–Kier alpha value is -1.53. The molecule has 6 heteroatoms. The third kappa shape index (κ3) is 2.09. The van der Waals surface area contributed by atoms with Gasteiger partial charge in [-0.2, -0.15) is 4.31 Å². The van der Waals surface area contributed by atoms with E-state index in [-0.39, 0.29) is 5.41 Å². The van der Waals surface area contributed by atoms with Gasteiger partial charge in [-0.05, 0) is 30.0 Å². The largest absolute Gasteiger partial charge is 0.399 e. The minimum Gasteiger partial charge on any atom is -0.399 e. The maximum Gasteiger partial charge on any atom is 0.245 e. The van der Waals surface area contributed by atoms with Crippen molar-refractivity contribution in [3.63, 3.8) is 0 Å². The topological polar surface area (TPSA) is 79.2 Å². The van der Waals surface area contributed by atoms with E-state index in [1.807, 2.05) is 0 Å². The lowest BCUT2D eigenvalue weighted by Crippen LogP contribution is -2.30. The van der Waals surface area contributed by atoms with Gasteiger partial charge in [-0.15, -0.1) is 0 Å². The number of sulfonamides is 1. The predicted molar refractivity (Wildman–Crippen MR) is 79.9 cm³/mol. The normalized spacial score (nSPS) is 19.7. The number of nitrogen functional groups attached to an aromatic ring is 1. The molecule has 0 saturated carbocycles. The number of nitrogens with zero attached hydrogens (tertiary/aromatic N) is 1. The molecule has 20 heavy (non-hydrogen) atoms. The molecule has 0 bridgehead atoms. The van der Waals surface area contributed by atoms with Gasteiger partial charge in [0.25, 0.3) is 0 Å². The van der Waals surface area contributed by atoms with Crippen molar-refractivity contribution < 1.29 is 8.42 Å². The fraction of sp³-hybridized carbons (Fsp3) is 0.429. The molecule has 1 fully saturated rings. The van der Waals surface area contributed by atoms with E-state index in [0.717, 1.165) is 11.9 Å². The minimum absolute atomic E-state index is 0.0399. The molecule has 1 aromatic carbocycles. The van der Waals surface area contributed by atoms with Gasteiger partial charge in [0.2, 0.25) is 10.0 Å². The number of nitrogens with one attached hydrogen (secondary N) is 1. The number of aromatic nitrogens is 1. The molecule has 1 aliphatic rings. The Morgan fingerprint density at radius 3 is 2.75 bits per heavy atom. The van der Waals surface area contributed by atoms with Gasteiger partial charge in [0, 0.05) is 35.9 Å². The first kappa shape index (κ1) is 13.5. The van der Waals surface area contributed by atoms with E-state index >= 15 is 0 Å². The van der Waals surface area contributed by atoms with Gasteiger partial charge >= 0.3 is 0 Å². The van der Waals surface area contributed by atoms with Crippen LogP contribution in [0.25, 0.3) is 10.9 Å². The fourth-order valence-electron chi connectivity index (χ4n) is 2.73. The molecule has 3 rings (SSSR count). The van der Waals surface area contributed by atoms with E-state index in [9.17, 15) is 8.42 Å². The minimum atomic E-state index is -3.46. The second-order valence-electron chi connectivity index (χ2n) is 6.21. The molecular formula is C14H19N3O2S. The number of anilines is 1. The highest BCUT2D eigenvalue weighted by molar-refractivity contribution is 7.89. The quantitative estimate of drug-likeness (QED) is 0.833. The maximum atomic E-state index is 12.8. The zero-order valence-corrected chi connectivity index (χ0v) is 12.5. The van der Waals surface area contributed by atoms with Crippen LogP contribution in [-0.2, 0) is 10.0 Å². The molecule has 0 unspecified atom stereocenters. The molecule has 2 heterocycles. The zero-order chi connectivity index (χ0) is 14.5. The van der Waals surface area contributed by atoms with E-state index in [1.165, 1.54) is 0 Å². The number of H-pyrrole nitrogens is 1. The number of aromatic amines is 1. The lowest BCUT2D eigenvalue weighted by atomic mass is 9.93. The molecule has 0 aliphatic carbocycles. The third-order valence-electron chi connectivity index (χ3n) is 3.93. The van der Waals surface area contributed by atoms with E-state index in [1.54, 1.807) is 28.7 Å². The summed E-state index contributed by atoms with van der Waals surface area (Å²) < 4.78 is 27.1. The van der Waals surface area contributed by atoms with Crippen LogP contribution in [0.15, 0.2) is 29.3 Å². The Kier molecular flexibility index (Phi) is 2.85. The lowest BCUT2D eigenvalue weighted by molar-refractivity contribution is 0.375. The van der Waals surface area contributed by atoms with Gasteiger partial charge in [0.15, 0.2) is 0 Å². The highest BCUT2D eigenvalue weighted by atomic mass is 32.2. The fourth-order valence-corrected chi connectivity index (χ4v) is 4.52. The number of hydrogen-bond acceptors (Lipinski definition) is 3. The molecule has 0 atom stereocenters. The summed E-state index contributed by atoms with van der Waals surface area (Å²) in [6.07, 6.45) is 2.45. The van der Waals surface area contributed by atoms with Gasteiger partial charge in [-0.25, -0.2) is 8.42 Å². The van der Waals surface area contributed by atoms with Crippen molar-refractivity contribution in [1.29, 1.82) is 0 Å². The van der Waals surface area contributed by atoms with Crippen LogP contribution in [0.4, 0.5) is 5.69 Å². The first-order valence-electron chi connectivity index (χ1n) is 6.66. The third-order valence-corrected chi connectivity index (χ3v) is 5.81. The summed E-state index contributed by atoms with van der Waals surface area (Å²) in [6.45, 7) is 5.32. The molecule has 0 amide bonds. The summed E-state index contributed by atoms with van der Waals surface area (Å²) in [5.74, 6) is 0. The lowest BCUT2D eigenvalue weighted by Gasteiger charge is -2.19. The first-order valence-corrected chi connectivity index (χ1v) is 8.10. The van der Waals surface area contributed by atoms with Crippen molar-refractivity contribution in [2.75, 3.05) is 18.8 Å². The standard InChI is InChI=1S/C14H19N3O2S/c1-14(2)5-6-17(9-14)20(18,19)13-8-16-12-4-3-10(15)7-11(12)13/h3-4,7-8,16H,5-6,9,15H2,1-2H3. The summed E-state index contributed by atoms with van der Waals surface area (Å²) in [7, 11) is -3.46. The van der Waals surface area contributed by atoms with E-state index in [0.29, 0.717) is 29.1 Å². The SMILES string of the molecule is CC1(C)CCN(S(=O)(=O)c2c[nH]c3ccc(N)cc23)C1. The Morgan fingerprint density at radius 2 is 2.10 bits per heavy atom. The predicted octanol–water partition coefficient (Wildman–Crippen LogP) is 2.17. The van der Waals surface area contributed by atoms with E-state index in [4.69, 9.17) is 5.73 Å². The molecule has 1 saturated heterocycles. The maximum absolute atomic E-state index is 12.8. The Labute approximate surface area is 118 Å². The number of nitrogens with two attached hydrogens (primary N) is 1. The Bertz CT molecular complexity index is 762. The number of hydrogen-bond donors (Lipinski definition) is 2. The molecule has 5 nitrogen and oxygen atoms in total. The van der Waals surface area contributed by atoms with Crippen LogP contribution in [0.2, 0.25) is 0 Å². The van der Waals surface area contributed by atoms with Gasteiger partial charge in [0.1, 0.15) is 4.90 Å². The van der Waals surface area contributed by atoms with Crippen LogP contribution in [0, 0.1) is 5.41 Å². The summed E-state index contributed by atoms with van der Waals surface area (Å²) in [6, 6.07) is 5.27. The first-order chi connectivity index (χ1) is 9.29. The molecule has 0 radical (unpaired) electrons. The summed E-state index contributed by atoms with van der Waals surface area (Å²) in [4.78, 5) is 3.32. The van der Waals surface area contributed by atoms with Gasteiger partial charge in [-0.1, -0.05) is 13.8 Å². The van der Waals surface area contributed by atoms with Crippen LogP contribution < -0.4 is 5.73 Å². The Morgan fingerprint density at radius 1 is 1.35 bits per heavy atom. The van der Waals surface area contributed by atoms with Crippen LogP contribution in [0.5, 0.6) is 0 Å². The van der Waals surface area contributed by atoms with Crippen LogP contribution >= 0.6 is 0 Å². The van der Waals surface area contributed by atoms with Crippen molar-refractivity contribution in [3.8, 4) is 0 Å². The molecule has 1 aliphatic heterocycles. The average molecular weight is 293 g/mol. The average Bonchev–Trinajstić information content (AvgIpc) is 2.92. The number of fused-ring (bicyclic) bond motifs is 1. The molecule has 0 spiro atoms. The van der Waals surface area contributed by atoms with E-state index < -0.39 is 10.0 Å². The molecular weight excluding hydrogens is 274 g/mol. The second kappa shape index (κ2) is 4.23. The highest BCUT2D eigenvalue weighted by Crippen LogP contribution is 2.35. The van der Waals surface area contributed by atoms with E-state index in [2.05, 4.69) is 18.8 Å². The zero-order valence-electron chi connectivity index (χ0n) is 11.7. The van der Waals surface area contributed by atoms with Crippen molar-refractivity contribution in [2.45, 2.75) is 25.2 Å². The van der Waals surface area contributed by atoms with Gasteiger partial charge in [0.05, 0.1) is 0 Å². The molecule has 2 aromatic rings. The molecule has 1 aromatic heterocycles. The van der Waals surface area contributed by atoms with Crippen molar-refractivity contribution in [3.05, 3.63) is 24.4 Å². The number of benzene rings is 1. The van der Waals surface area contributed by atoms with Crippen molar-refractivity contribution in [2.24, 2.45) is 5.41 Å². The highest BCUT2D eigenvalue weighted by Gasteiger charge is 2.37. The monoisotopic (exact) mass is 293 g/mol. The van der Waals surface area contributed by atoms with Crippen LogP contribution in [0.1, 0.15) is 20.3 Å². The van der Waals surface area contributed by atoms with Gasteiger partial charge in [-0.3, -0.25) is 0 Å². The summed E-state index contributed by atoms with van der Waals surface area (Å²) in [5, 5.41) is 0.662. The van der Waals surface area contributed by atoms with Crippen molar-refractivity contribution in [1.82, 2.24) is 9.29 Å². The smallest absolute Gasteiger partial charge is 0.245 e. The van der Waals surface area contributed by atoms with Crippen LogP contribution in [0.3, 0.4) is 0 Å². The summed E-state index contributed by atoms with van der Waals surface area (Å²) in [5.41, 5.74) is 7.16. The Balaban J connectivity index is 2.08. The molecule has 3 N–H and O–H groups in total. The molecule has 108 valence electrons. The summed E-state index contributed by atoms with van der Waals surface area (Å²) >= 11 is 0.